The van der Waals surface area contributed by atoms with E-state index >= 15 is 0 Å². The molecule has 0 aromatic heterocycles. The van der Waals surface area contributed by atoms with E-state index in [-0.39, 0.29) is 0 Å². The van der Waals surface area contributed by atoms with Gasteiger partial charge in [0.25, 0.3) is 5.24 Å². The molecule has 0 atom stereocenters. The number of halogens is 2. The molecule has 1 heterocycles. The van der Waals surface area contributed by atoms with Crippen molar-refractivity contribution in [3.05, 3.63) is 33.8 Å². The lowest BCUT2D eigenvalue weighted by atomic mass is 10.1. The Kier molecular flexibility index (Phi) is 4.78. The van der Waals surface area contributed by atoms with E-state index in [9.17, 15) is 4.79 Å². The summed E-state index contributed by atoms with van der Waals surface area (Å²) in [5.74, 6) is 0. The number of carbonyl (C=O) groups excluding carboxylic acids is 1. The van der Waals surface area contributed by atoms with Gasteiger partial charge < -0.3 is 4.90 Å². The molecule has 1 aromatic carbocycles. The normalized spacial score (nSPS) is 17.9. The first kappa shape index (κ1) is 14.0. The molecule has 0 radical (unpaired) electrons. The Balaban J connectivity index is 2.02. The molecule has 0 amide bonds. The second-order valence-electron chi connectivity index (χ2n) is 4.67. The molecule has 18 heavy (non-hydrogen) atoms. The number of hydrogen-bond acceptors (Lipinski definition) is 3. The lowest BCUT2D eigenvalue weighted by molar-refractivity contribution is 0.108. The first-order valence-electron chi connectivity index (χ1n) is 5.95. The fourth-order valence-electron chi connectivity index (χ4n) is 2.08. The van der Waals surface area contributed by atoms with E-state index in [1.165, 1.54) is 5.56 Å². The van der Waals surface area contributed by atoms with Crippen molar-refractivity contribution in [3.8, 4) is 0 Å². The summed E-state index contributed by atoms with van der Waals surface area (Å²) in [5, 5.41) is -0.423. The van der Waals surface area contributed by atoms with Gasteiger partial charge in [-0.3, -0.25) is 9.69 Å². The predicted molar refractivity (Wildman–Crippen MR) is 77.1 cm³/mol. The van der Waals surface area contributed by atoms with Crippen molar-refractivity contribution in [3.63, 3.8) is 0 Å². The first-order valence-corrected chi connectivity index (χ1v) is 7.12. The van der Waals surface area contributed by atoms with E-state index in [0.29, 0.717) is 5.56 Å². The fraction of sp³-hybridized carbons (Fsp3) is 0.462. The quantitative estimate of drug-likeness (QED) is 0.795. The van der Waals surface area contributed by atoms with Crippen LogP contribution in [0.4, 0.5) is 0 Å². The highest BCUT2D eigenvalue weighted by molar-refractivity contribution is 9.10. The number of rotatable bonds is 3. The number of piperazine rings is 1. The molecule has 0 aliphatic carbocycles. The minimum atomic E-state index is -0.423. The van der Waals surface area contributed by atoms with Crippen LogP contribution in [0.5, 0.6) is 0 Å². The Bertz CT molecular complexity index is 445. The molecule has 0 saturated carbocycles. The maximum absolute atomic E-state index is 11.1. The van der Waals surface area contributed by atoms with E-state index in [1.54, 1.807) is 6.07 Å². The summed E-state index contributed by atoms with van der Waals surface area (Å²) in [6, 6.07) is 5.73. The summed E-state index contributed by atoms with van der Waals surface area (Å²) >= 11 is 8.87. The molecule has 0 unspecified atom stereocenters. The van der Waals surface area contributed by atoms with E-state index in [4.69, 9.17) is 11.6 Å². The van der Waals surface area contributed by atoms with Crippen LogP contribution < -0.4 is 0 Å². The second-order valence-corrected chi connectivity index (χ2v) is 5.86. The molecule has 0 N–H and O–H groups in total. The third kappa shape index (κ3) is 3.54. The van der Waals surface area contributed by atoms with Crippen LogP contribution in [0, 0.1) is 0 Å². The van der Waals surface area contributed by atoms with Crippen LogP contribution in [0.25, 0.3) is 0 Å². The van der Waals surface area contributed by atoms with Gasteiger partial charge in [0.2, 0.25) is 0 Å². The fourth-order valence-corrected chi connectivity index (χ4v) is 2.97. The number of benzene rings is 1. The van der Waals surface area contributed by atoms with Gasteiger partial charge in [-0.25, -0.2) is 0 Å². The van der Waals surface area contributed by atoms with E-state index in [1.807, 2.05) is 12.1 Å². The standard InChI is InChI=1S/C13H16BrClN2O/c1-16-4-6-17(7-5-16)9-10-2-3-11(13(15)18)12(14)8-10/h2-3,8H,4-7,9H2,1H3. The van der Waals surface area contributed by atoms with Gasteiger partial charge in [-0.05, 0) is 52.3 Å². The summed E-state index contributed by atoms with van der Waals surface area (Å²) in [6.45, 7) is 5.32. The minimum absolute atomic E-state index is 0.423. The van der Waals surface area contributed by atoms with Crippen LogP contribution in [0.3, 0.4) is 0 Å². The van der Waals surface area contributed by atoms with Gasteiger partial charge in [0, 0.05) is 42.8 Å². The lowest BCUT2D eigenvalue weighted by Gasteiger charge is -2.32. The summed E-state index contributed by atoms with van der Waals surface area (Å²) < 4.78 is 0.772. The number of hydrogen-bond donors (Lipinski definition) is 0. The first-order chi connectivity index (χ1) is 8.56. The molecule has 2 rings (SSSR count). The average molecular weight is 332 g/mol. The summed E-state index contributed by atoms with van der Waals surface area (Å²) in [4.78, 5) is 15.9. The van der Waals surface area contributed by atoms with Crippen molar-refractivity contribution in [2.45, 2.75) is 6.54 Å². The van der Waals surface area contributed by atoms with Crippen LogP contribution in [0.15, 0.2) is 22.7 Å². The number of nitrogens with zero attached hydrogens (tertiary/aromatic N) is 2. The Morgan fingerprint density at radius 2 is 2.00 bits per heavy atom. The van der Waals surface area contributed by atoms with Gasteiger partial charge in [0.15, 0.2) is 0 Å². The number of carbonyl (C=O) groups is 1. The largest absolute Gasteiger partial charge is 0.304 e. The van der Waals surface area contributed by atoms with Crippen LogP contribution in [0.2, 0.25) is 0 Å². The van der Waals surface area contributed by atoms with Crippen molar-refractivity contribution in [2.24, 2.45) is 0 Å². The molecular weight excluding hydrogens is 316 g/mol. The molecular formula is C13H16BrClN2O. The molecule has 1 saturated heterocycles. The van der Waals surface area contributed by atoms with Gasteiger partial charge in [0.1, 0.15) is 0 Å². The van der Waals surface area contributed by atoms with Crippen molar-refractivity contribution >= 4 is 32.8 Å². The van der Waals surface area contributed by atoms with Crippen LogP contribution >= 0.6 is 27.5 Å². The maximum Gasteiger partial charge on any atom is 0.253 e. The zero-order valence-corrected chi connectivity index (χ0v) is 12.7. The molecule has 1 aliphatic rings. The highest BCUT2D eigenvalue weighted by atomic mass is 79.9. The van der Waals surface area contributed by atoms with Crippen molar-refractivity contribution in [2.75, 3.05) is 33.2 Å². The Hall–Kier alpha value is -0.420. The lowest BCUT2D eigenvalue weighted by Crippen LogP contribution is -2.43. The monoisotopic (exact) mass is 330 g/mol. The SMILES string of the molecule is CN1CCN(Cc2ccc(C(=O)Cl)c(Br)c2)CC1. The minimum Gasteiger partial charge on any atom is -0.304 e. The van der Waals surface area contributed by atoms with E-state index < -0.39 is 5.24 Å². The molecule has 3 nitrogen and oxygen atoms in total. The maximum atomic E-state index is 11.1. The zero-order valence-electron chi connectivity index (χ0n) is 10.3. The van der Waals surface area contributed by atoms with Gasteiger partial charge in [-0.1, -0.05) is 6.07 Å². The molecule has 1 fully saturated rings. The topological polar surface area (TPSA) is 23.6 Å². The Labute approximate surface area is 121 Å². The zero-order chi connectivity index (χ0) is 13.1. The molecule has 98 valence electrons. The molecule has 0 bridgehead atoms. The molecule has 5 heteroatoms. The highest BCUT2D eigenvalue weighted by Gasteiger charge is 2.15. The van der Waals surface area contributed by atoms with Crippen LogP contribution in [-0.4, -0.2) is 48.3 Å². The van der Waals surface area contributed by atoms with Crippen LogP contribution in [-0.2, 0) is 6.54 Å². The van der Waals surface area contributed by atoms with Gasteiger partial charge in [0.05, 0.1) is 0 Å². The summed E-state index contributed by atoms with van der Waals surface area (Å²) in [7, 11) is 2.15. The predicted octanol–water partition coefficient (Wildman–Crippen LogP) is 2.58. The molecule has 1 aliphatic heterocycles. The van der Waals surface area contributed by atoms with Crippen molar-refractivity contribution in [1.82, 2.24) is 9.80 Å². The van der Waals surface area contributed by atoms with E-state index in [0.717, 1.165) is 37.2 Å². The van der Waals surface area contributed by atoms with Crippen molar-refractivity contribution in [1.29, 1.82) is 0 Å². The number of likely N-dealkylation sites (N-methyl/N-ethyl adjacent to an activating group) is 1. The smallest absolute Gasteiger partial charge is 0.253 e. The highest BCUT2D eigenvalue weighted by Crippen LogP contribution is 2.21. The Morgan fingerprint density at radius 3 is 2.56 bits per heavy atom. The van der Waals surface area contributed by atoms with Gasteiger partial charge in [-0.15, -0.1) is 0 Å². The Morgan fingerprint density at radius 1 is 1.33 bits per heavy atom. The van der Waals surface area contributed by atoms with Crippen LogP contribution in [0.1, 0.15) is 15.9 Å². The van der Waals surface area contributed by atoms with Gasteiger partial charge in [-0.2, -0.15) is 0 Å². The second kappa shape index (κ2) is 6.15. The summed E-state index contributed by atoms with van der Waals surface area (Å²) in [5.41, 5.74) is 1.73. The van der Waals surface area contributed by atoms with Gasteiger partial charge >= 0.3 is 0 Å². The molecule has 1 aromatic rings. The third-order valence-electron chi connectivity index (χ3n) is 3.25. The van der Waals surface area contributed by atoms with E-state index in [2.05, 4.69) is 32.8 Å². The van der Waals surface area contributed by atoms with Crippen molar-refractivity contribution < 1.29 is 4.79 Å². The summed E-state index contributed by atoms with van der Waals surface area (Å²) in [6.07, 6.45) is 0. The average Bonchev–Trinajstić information content (AvgIpc) is 2.32. The third-order valence-corrected chi connectivity index (χ3v) is 4.11. The molecule has 0 spiro atoms.